The van der Waals surface area contributed by atoms with Crippen LogP contribution in [0.5, 0.6) is 0 Å². The minimum absolute atomic E-state index is 0.0496. The highest BCUT2D eigenvalue weighted by Gasteiger charge is 2.35. The zero-order chi connectivity index (χ0) is 15.8. The molecule has 2 heteroatoms. The summed E-state index contributed by atoms with van der Waals surface area (Å²) in [5.41, 5.74) is 6.32. The molecule has 4 rings (SSSR count). The van der Waals surface area contributed by atoms with Crippen molar-refractivity contribution in [2.75, 3.05) is 6.54 Å². The normalized spacial score (nSPS) is 23.3. The maximum Gasteiger partial charge on any atom is 0.0825 e. The molecule has 0 amide bonds. The van der Waals surface area contributed by atoms with Crippen LogP contribution in [0.25, 0.3) is 5.57 Å². The maximum absolute atomic E-state index is 10.6. The van der Waals surface area contributed by atoms with Crippen molar-refractivity contribution in [2.45, 2.75) is 25.5 Å². The van der Waals surface area contributed by atoms with Gasteiger partial charge in [0, 0.05) is 19.2 Å². The van der Waals surface area contributed by atoms with Gasteiger partial charge in [-0.2, -0.15) is 0 Å². The van der Waals surface area contributed by atoms with Gasteiger partial charge < -0.3 is 10.0 Å². The molecule has 0 saturated carbocycles. The predicted molar refractivity (Wildman–Crippen MR) is 93.8 cm³/mol. The highest BCUT2D eigenvalue weighted by molar-refractivity contribution is 5.70. The second kappa shape index (κ2) is 5.71. The average molecular weight is 303 g/mol. The van der Waals surface area contributed by atoms with Crippen molar-refractivity contribution < 1.29 is 5.11 Å². The Morgan fingerprint density at radius 3 is 2.57 bits per heavy atom. The fraction of sp³-hybridized carbons (Fsp3) is 0.238. The van der Waals surface area contributed by atoms with E-state index in [9.17, 15) is 5.11 Å². The lowest BCUT2D eigenvalue weighted by Gasteiger charge is -2.34. The van der Waals surface area contributed by atoms with E-state index in [0.717, 1.165) is 13.0 Å². The molecule has 0 unspecified atom stereocenters. The maximum atomic E-state index is 10.6. The van der Waals surface area contributed by atoms with Crippen LogP contribution in [-0.4, -0.2) is 22.7 Å². The van der Waals surface area contributed by atoms with Gasteiger partial charge in [0.1, 0.15) is 0 Å². The van der Waals surface area contributed by atoms with E-state index in [-0.39, 0.29) is 12.1 Å². The van der Waals surface area contributed by atoms with Crippen molar-refractivity contribution in [1.29, 1.82) is 0 Å². The quantitative estimate of drug-likeness (QED) is 0.908. The minimum atomic E-state index is -0.341. The number of benzene rings is 2. The molecule has 1 aliphatic carbocycles. The smallest absolute Gasteiger partial charge is 0.0825 e. The first-order valence-electron chi connectivity index (χ1n) is 8.18. The van der Waals surface area contributed by atoms with Crippen LogP contribution in [-0.2, 0) is 6.42 Å². The van der Waals surface area contributed by atoms with E-state index >= 15 is 0 Å². The molecule has 0 spiro atoms. The largest absolute Gasteiger partial charge is 0.390 e. The lowest BCUT2D eigenvalue weighted by molar-refractivity contribution is 0.0932. The van der Waals surface area contributed by atoms with E-state index in [2.05, 4.69) is 72.6 Å². The Labute approximate surface area is 137 Å². The van der Waals surface area contributed by atoms with Gasteiger partial charge in [0.15, 0.2) is 0 Å². The van der Waals surface area contributed by atoms with Crippen LogP contribution in [0.2, 0.25) is 0 Å². The van der Waals surface area contributed by atoms with E-state index in [0.29, 0.717) is 0 Å². The van der Waals surface area contributed by atoms with Gasteiger partial charge in [0.2, 0.25) is 0 Å². The minimum Gasteiger partial charge on any atom is -0.390 e. The fourth-order valence-electron chi connectivity index (χ4n) is 3.82. The molecule has 1 N–H and O–H groups in total. The molecule has 23 heavy (non-hydrogen) atoms. The Balaban J connectivity index is 1.68. The molecule has 116 valence electrons. The first kappa shape index (κ1) is 14.3. The number of hydrogen-bond donors (Lipinski definition) is 1. The average Bonchev–Trinajstić information content (AvgIpc) is 2.91. The summed E-state index contributed by atoms with van der Waals surface area (Å²) in [5.74, 6) is 0. The van der Waals surface area contributed by atoms with Crippen molar-refractivity contribution in [3.05, 3.63) is 89.1 Å². The summed E-state index contributed by atoms with van der Waals surface area (Å²) in [4.78, 5) is 2.30. The number of hydrogen-bond acceptors (Lipinski definition) is 2. The van der Waals surface area contributed by atoms with E-state index in [1.807, 2.05) is 6.07 Å². The highest BCUT2D eigenvalue weighted by Crippen LogP contribution is 2.38. The van der Waals surface area contributed by atoms with E-state index in [1.165, 1.54) is 27.8 Å². The Morgan fingerprint density at radius 2 is 1.74 bits per heavy atom. The summed E-state index contributed by atoms with van der Waals surface area (Å²) >= 11 is 0. The molecule has 0 aromatic heterocycles. The molecule has 2 aliphatic rings. The number of aliphatic hydroxyl groups is 1. The van der Waals surface area contributed by atoms with Gasteiger partial charge in [-0.1, -0.05) is 60.7 Å². The summed E-state index contributed by atoms with van der Waals surface area (Å²) in [7, 11) is 0. The summed E-state index contributed by atoms with van der Waals surface area (Å²) in [6, 6.07) is 19.0. The van der Waals surface area contributed by atoms with Gasteiger partial charge in [-0.05, 0) is 34.8 Å². The fourth-order valence-corrected chi connectivity index (χ4v) is 3.82. The van der Waals surface area contributed by atoms with Crippen LogP contribution in [0, 0.1) is 0 Å². The Kier molecular flexibility index (Phi) is 3.55. The second-order valence-electron chi connectivity index (χ2n) is 6.50. The molecule has 1 heterocycles. The lowest BCUT2D eigenvalue weighted by Crippen LogP contribution is -2.33. The van der Waals surface area contributed by atoms with Gasteiger partial charge in [-0.25, -0.2) is 0 Å². The Morgan fingerprint density at radius 1 is 1.00 bits per heavy atom. The second-order valence-corrected chi connectivity index (χ2v) is 6.50. The monoisotopic (exact) mass is 303 g/mol. The molecule has 0 fully saturated rings. The third-order valence-corrected chi connectivity index (χ3v) is 4.79. The Bertz CT molecular complexity index is 775. The number of nitrogens with zero attached hydrogens (tertiary/aromatic N) is 1. The molecular formula is C21H21NO. The topological polar surface area (TPSA) is 23.5 Å². The predicted octanol–water partition coefficient (Wildman–Crippen LogP) is 3.95. The van der Waals surface area contributed by atoms with Gasteiger partial charge in [-0.15, -0.1) is 0 Å². The zero-order valence-corrected chi connectivity index (χ0v) is 13.3. The molecular weight excluding hydrogens is 282 g/mol. The van der Waals surface area contributed by atoms with Gasteiger partial charge in [0.25, 0.3) is 0 Å². The molecule has 1 aliphatic heterocycles. The van der Waals surface area contributed by atoms with Crippen LogP contribution in [0.3, 0.4) is 0 Å². The summed E-state index contributed by atoms with van der Waals surface area (Å²) < 4.78 is 0. The van der Waals surface area contributed by atoms with Gasteiger partial charge in [-0.3, -0.25) is 0 Å². The lowest BCUT2D eigenvalue weighted by atomic mass is 9.98. The number of allylic oxidation sites excluding steroid dienone is 2. The summed E-state index contributed by atoms with van der Waals surface area (Å²) in [6.07, 6.45) is 4.84. The Hall–Kier alpha value is -2.32. The van der Waals surface area contributed by atoms with Crippen molar-refractivity contribution >= 4 is 5.57 Å². The molecule has 0 saturated heterocycles. The molecule has 2 aromatic rings. The van der Waals surface area contributed by atoms with Crippen molar-refractivity contribution in [3.8, 4) is 0 Å². The molecule has 0 bridgehead atoms. The first-order chi connectivity index (χ1) is 11.2. The van der Waals surface area contributed by atoms with Gasteiger partial charge in [0.05, 0.1) is 12.1 Å². The SMILES string of the molecule is CC1=CN([C@H]2c3ccccc3C[C@@H]2O)CC(c2ccccc2)=C1. The van der Waals surface area contributed by atoms with E-state index < -0.39 is 0 Å². The van der Waals surface area contributed by atoms with Crippen molar-refractivity contribution in [3.63, 3.8) is 0 Å². The summed E-state index contributed by atoms with van der Waals surface area (Å²) in [6.45, 7) is 2.96. The van der Waals surface area contributed by atoms with Crippen molar-refractivity contribution in [2.24, 2.45) is 0 Å². The first-order valence-corrected chi connectivity index (χ1v) is 8.18. The van der Waals surface area contributed by atoms with Crippen LogP contribution >= 0.6 is 0 Å². The zero-order valence-electron chi connectivity index (χ0n) is 13.3. The molecule has 2 nitrogen and oxygen atoms in total. The number of rotatable bonds is 2. The van der Waals surface area contributed by atoms with Crippen LogP contribution in [0.15, 0.2) is 72.4 Å². The number of fused-ring (bicyclic) bond motifs is 1. The van der Waals surface area contributed by atoms with Crippen LogP contribution in [0.4, 0.5) is 0 Å². The number of aliphatic hydroxyl groups excluding tert-OH is 1. The third-order valence-electron chi connectivity index (χ3n) is 4.79. The molecule has 2 atom stereocenters. The molecule has 2 aromatic carbocycles. The summed E-state index contributed by atoms with van der Waals surface area (Å²) in [5, 5.41) is 10.6. The van der Waals surface area contributed by atoms with Crippen LogP contribution < -0.4 is 0 Å². The third kappa shape index (κ3) is 2.60. The van der Waals surface area contributed by atoms with Crippen LogP contribution in [0.1, 0.15) is 29.7 Å². The molecule has 0 radical (unpaired) electrons. The van der Waals surface area contributed by atoms with E-state index in [1.54, 1.807) is 0 Å². The van der Waals surface area contributed by atoms with E-state index in [4.69, 9.17) is 0 Å². The van der Waals surface area contributed by atoms with Crippen molar-refractivity contribution in [1.82, 2.24) is 4.90 Å². The van der Waals surface area contributed by atoms with Gasteiger partial charge >= 0.3 is 0 Å². The highest BCUT2D eigenvalue weighted by atomic mass is 16.3. The standard InChI is InChI=1S/C21H21NO/c1-15-11-18(16-7-3-2-4-8-16)14-22(13-15)21-19-10-6-5-9-17(19)12-20(21)23/h2-11,13,20-21,23H,12,14H2,1H3/t20-,21-/m0/s1.